The smallest absolute Gasteiger partial charge is 0.258 e. The van der Waals surface area contributed by atoms with E-state index in [0.29, 0.717) is 5.04 Å². The molecule has 0 N–H and O–H groups in total. The normalized spacial score (nSPS) is 17.5. The molecule has 0 aromatic rings. The van der Waals surface area contributed by atoms with E-state index in [1.54, 1.807) is 0 Å². The molecule has 0 aromatic carbocycles. The Balaban J connectivity index is 2.69. The number of carboxylic acid groups (broad SMARTS) is 1. The predicted molar refractivity (Wildman–Crippen MR) is 42.8 cm³/mol. The lowest BCUT2D eigenvalue weighted by Gasteiger charge is -1.99. The van der Waals surface area contributed by atoms with Crippen LogP contribution in [0.2, 0.25) is 0 Å². The summed E-state index contributed by atoms with van der Waals surface area (Å²) in [6, 6.07) is 0. The maximum atomic E-state index is 10.5. The Morgan fingerprint density at radius 2 is 2.55 bits per heavy atom. The highest BCUT2D eigenvalue weighted by Crippen LogP contribution is 2.11. The van der Waals surface area contributed by atoms with E-state index in [1.807, 2.05) is 11.5 Å². The Bertz CT molecular complexity index is 201. The van der Waals surface area contributed by atoms with Gasteiger partial charge in [-0.15, -0.1) is 0 Å². The van der Waals surface area contributed by atoms with Crippen LogP contribution in [-0.4, -0.2) is 34.4 Å². The average molecular weight is 173 g/mol. The summed E-state index contributed by atoms with van der Waals surface area (Å²) in [4.78, 5) is 10.5. The Kier molecular flexibility index (Phi) is 2.93. The van der Waals surface area contributed by atoms with Crippen molar-refractivity contribution in [1.29, 1.82) is 0 Å². The molecular formula is C7H11NO2S. The van der Waals surface area contributed by atoms with Gasteiger partial charge in [0.2, 0.25) is 0 Å². The zero-order chi connectivity index (χ0) is 8.27. The quantitative estimate of drug-likeness (QED) is 0.530. The number of thioether (sulfide) groups is 1. The predicted octanol–water partition coefficient (Wildman–Crippen LogP) is -0.696. The van der Waals surface area contributed by atoms with E-state index in [-0.39, 0.29) is 0 Å². The van der Waals surface area contributed by atoms with Crippen molar-refractivity contribution in [3.05, 3.63) is 0 Å². The molecule has 0 saturated carbocycles. The van der Waals surface area contributed by atoms with Crippen LogP contribution in [0.25, 0.3) is 0 Å². The highest BCUT2D eigenvalue weighted by Gasteiger charge is 2.22. The molecule has 0 spiro atoms. The van der Waals surface area contributed by atoms with Crippen molar-refractivity contribution in [2.75, 3.05) is 18.8 Å². The second-order valence-corrected chi connectivity index (χ2v) is 3.51. The molecule has 1 aliphatic rings. The molecule has 0 aliphatic carbocycles. The summed E-state index contributed by atoms with van der Waals surface area (Å²) in [5, 5.41) is 10.9. The lowest BCUT2D eigenvalue weighted by atomic mass is 10.4. The van der Waals surface area contributed by atoms with E-state index in [9.17, 15) is 9.90 Å². The van der Waals surface area contributed by atoms with E-state index in [4.69, 9.17) is 0 Å². The molecule has 0 aromatic heterocycles. The zero-order valence-electron chi connectivity index (χ0n) is 6.50. The summed E-state index contributed by atoms with van der Waals surface area (Å²) in [5.74, 6) is -0.149. The fraction of sp³-hybridized carbons (Fsp3) is 0.714. The molecule has 1 heterocycles. The summed E-state index contributed by atoms with van der Waals surface area (Å²) in [5.41, 5.74) is 0. The van der Waals surface area contributed by atoms with E-state index in [0.717, 1.165) is 25.3 Å². The minimum atomic E-state index is -1.03. The minimum Gasteiger partial charge on any atom is -0.539 e. The number of rotatable bonds is 3. The van der Waals surface area contributed by atoms with Crippen LogP contribution in [0.1, 0.15) is 13.3 Å². The van der Waals surface area contributed by atoms with Gasteiger partial charge in [-0.3, -0.25) is 0 Å². The maximum absolute atomic E-state index is 10.5. The van der Waals surface area contributed by atoms with Gasteiger partial charge in [0.05, 0.1) is 5.75 Å². The number of carboxylic acids is 1. The third kappa shape index (κ3) is 1.96. The van der Waals surface area contributed by atoms with Crippen molar-refractivity contribution in [3.63, 3.8) is 0 Å². The van der Waals surface area contributed by atoms with Gasteiger partial charge in [0.25, 0.3) is 5.04 Å². The van der Waals surface area contributed by atoms with Gasteiger partial charge in [-0.25, -0.2) is 4.58 Å². The van der Waals surface area contributed by atoms with Crippen molar-refractivity contribution < 1.29 is 14.5 Å². The Morgan fingerprint density at radius 1 is 1.82 bits per heavy atom. The van der Waals surface area contributed by atoms with Crippen LogP contribution in [0.5, 0.6) is 0 Å². The number of nitrogens with zero attached hydrogens (tertiary/aromatic N) is 1. The first-order chi connectivity index (χ1) is 5.25. The van der Waals surface area contributed by atoms with Crippen molar-refractivity contribution in [2.45, 2.75) is 13.3 Å². The van der Waals surface area contributed by atoms with Gasteiger partial charge in [-0.05, 0) is 11.8 Å². The molecular weight excluding hydrogens is 162 g/mol. The van der Waals surface area contributed by atoms with Crippen LogP contribution in [0.15, 0.2) is 0 Å². The summed E-state index contributed by atoms with van der Waals surface area (Å²) >= 11 is 1.38. The molecule has 0 radical (unpaired) electrons. The fourth-order valence-corrected chi connectivity index (χ4v) is 2.10. The molecule has 0 unspecified atom stereocenters. The van der Waals surface area contributed by atoms with Crippen molar-refractivity contribution >= 4 is 22.8 Å². The third-order valence-electron chi connectivity index (χ3n) is 1.56. The second kappa shape index (κ2) is 3.76. The van der Waals surface area contributed by atoms with Crippen molar-refractivity contribution in [3.8, 4) is 0 Å². The lowest BCUT2D eigenvalue weighted by Crippen LogP contribution is -2.34. The summed E-state index contributed by atoms with van der Waals surface area (Å²) in [6.07, 6.45) is 0.983. The zero-order valence-corrected chi connectivity index (χ0v) is 7.32. The first kappa shape index (κ1) is 8.59. The van der Waals surface area contributed by atoms with Gasteiger partial charge in [-0.1, -0.05) is 6.92 Å². The molecule has 3 nitrogen and oxygen atoms in total. The summed E-state index contributed by atoms with van der Waals surface area (Å²) < 4.78 is 1.88. The van der Waals surface area contributed by atoms with Gasteiger partial charge in [-0.2, -0.15) is 0 Å². The maximum Gasteiger partial charge on any atom is 0.258 e. The van der Waals surface area contributed by atoms with E-state index < -0.39 is 5.97 Å². The SMILES string of the molecule is CCC[N+]1=C(C(=O)[O-])SCC1. The van der Waals surface area contributed by atoms with Crippen LogP contribution in [0.3, 0.4) is 0 Å². The fourth-order valence-electron chi connectivity index (χ4n) is 1.12. The average Bonchev–Trinajstić information content (AvgIpc) is 2.36. The first-order valence-electron chi connectivity index (χ1n) is 3.71. The number of carbonyl (C=O) groups is 1. The number of hydrogen-bond donors (Lipinski definition) is 0. The molecule has 4 heteroatoms. The molecule has 0 fully saturated rings. The topological polar surface area (TPSA) is 43.1 Å². The standard InChI is InChI=1S/C7H11NO2S/c1-2-3-8-4-5-11-6(8)7(9)10/h2-5H2,1H3. The Hall–Kier alpha value is -0.510. The largest absolute Gasteiger partial charge is 0.539 e. The van der Waals surface area contributed by atoms with Gasteiger partial charge in [0.1, 0.15) is 12.5 Å². The first-order valence-corrected chi connectivity index (χ1v) is 4.70. The molecule has 1 rings (SSSR count). The van der Waals surface area contributed by atoms with Crippen LogP contribution in [-0.2, 0) is 4.79 Å². The van der Waals surface area contributed by atoms with E-state index in [2.05, 4.69) is 0 Å². The second-order valence-electron chi connectivity index (χ2n) is 2.43. The van der Waals surface area contributed by atoms with Crippen LogP contribution >= 0.6 is 11.8 Å². The van der Waals surface area contributed by atoms with Crippen molar-refractivity contribution in [2.24, 2.45) is 0 Å². The lowest BCUT2D eigenvalue weighted by molar-refractivity contribution is -0.518. The molecule has 62 valence electrons. The third-order valence-corrected chi connectivity index (χ3v) is 2.64. The summed E-state index contributed by atoms with van der Waals surface area (Å²) in [6.45, 7) is 3.72. The van der Waals surface area contributed by atoms with Gasteiger partial charge < -0.3 is 9.90 Å². The number of aliphatic carboxylic acids is 1. The molecule has 0 atom stereocenters. The highest BCUT2D eigenvalue weighted by molar-refractivity contribution is 8.15. The minimum absolute atomic E-state index is 0.409. The van der Waals surface area contributed by atoms with Crippen LogP contribution in [0, 0.1) is 0 Å². The van der Waals surface area contributed by atoms with Gasteiger partial charge >= 0.3 is 0 Å². The highest BCUT2D eigenvalue weighted by atomic mass is 32.2. The number of hydrogen-bond acceptors (Lipinski definition) is 3. The Morgan fingerprint density at radius 3 is 3.09 bits per heavy atom. The molecule has 0 saturated heterocycles. The number of carbonyl (C=O) groups excluding carboxylic acids is 1. The molecule has 0 bridgehead atoms. The van der Waals surface area contributed by atoms with Crippen LogP contribution < -0.4 is 5.11 Å². The van der Waals surface area contributed by atoms with Crippen LogP contribution in [0.4, 0.5) is 0 Å². The van der Waals surface area contributed by atoms with Gasteiger partial charge in [0.15, 0.2) is 6.54 Å². The Labute approximate surface area is 70.1 Å². The van der Waals surface area contributed by atoms with Crippen molar-refractivity contribution in [1.82, 2.24) is 0 Å². The molecule has 0 amide bonds. The van der Waals surface area contributed by atoms with E-state index >= 15 is 0 Å². The summed E-state index contributed by atoms with van der Waals surface area (Å²) in [7, 11) is 0. The van der Waals surface area contributed by atoms with Gasteiger partial charge in [0, 0.05) is 6.42 Å². The van der Waals surface area contributed by atoms with E-state index in [1.165, 1.54) is 11.8 Å². The molecule has 1 aliphatic heterocycles. The monoisotopic (exact) mass is 173 g/mol. The molecule has 11 heavy (non-hydrogen) atoms.